The predicted molar refractivity (Wildman–Crippen MR) is 125 cm³/mol. The summed E-state index contributed by atoms with van der Waals surface area (Å²) in [5.41, 5.74) is 5.51. The van der Waals surface area contributed by atoms with E-state index >= 15 is 0 Å². The second kappa shape index (κ2) is 9.13. The number of nitrogens with zero attached hydrogens (tertiary/aromatic N) is 2. The van der Waals surface area contributed by atoms with Gasteiger partial charge in [-0.15, -0.1) is 0 Å². The van der Waals surface area contributed by atoms with Crippen LogP contribution in [0.4, 0.5) is 0 Å². The molecule has 2 aliphatic carbocycles. The highest BCUT2D eigenvalue weighted by molar-refractivity contribution is 5.82. The molecule has 2 heterocycles. The topological polar surface area (TPSA) is 77.0 Å². The molecule has 3 N–H and O–H groups in total. The van der Waals surface area contributed by atoms with Crippen LogP contribution in [0.1, 0.15) is 47.0 Å². The Balaban J connectivity index is 1.49. The maximum Gasteiger partial charge on any atom is 0.317 e. The zero-order valence-corrected chi connectivity index (χ0v) is 19.2. The van der Waals surface area contributed by atoms with E-state index in [0.717, 1.165) is 38.2 Å². The Morgan fingerprint density at radius 3 is 2.71 bits per heavy atom. The molecule has 1 saturated heterocycles. The summed E-state index contributed by atoms with van der Waals surface area (Å²) in [7, 11) is 0. The van der Waals surface area contributed by atoms with Crippen LogP contribution in [0, 0.1) is 11.8 Å². The molecule has 31 heavy (non-hydrogen) atoms. The van der Waals surface area contributed by atoms with Gasteiger partial charge in [0.1, 0.15) is 6.17 Å². The first-order chi connectivity index (χ1) is 14.8. The molecule has 0 aromatic rings. The lowest BCUT2D eigenvalue weighted by atomic mass is 9.78. The smallest absolute Gasteiger partial charge is 0.317 e. The van der Waals surface area contributed by atoms with Gasteiger partial charge < -0.3 is 10.4 Å². The number of rotatable bonds is 6. The monoisotopic (exact) mass is 424 g/mol. The number of nitrogens with one attached hydrogen (secondary N) is 2. The van der Waals surface area contributed by atoms with Gasteiger partial charge in [-0.05, 0) is 75.8 Å². The summed E-state index contributed by atoms with van der Waals surface area (Å²) >= 11 is 0. The number of aliphatic carboxylic acids is 1. The van der Waals surface area contributed by atoms with Gasteiger partial charge in [-0.2, -0.15) is 0 Å². The van der Waals surface area contributed by atoms with E-state index in [1.807, 2.05) is 4.90 Å². The van der Waals surface area contributed by atoms with Crippen LogP contribution in [0.25, 0.3) is 0 Å². The van der Waals surface area contributed by atoms with Crippen molar-refractivity contribution in [2.24, 2.45) is 16.8 Å². The molecule has 0 aromatic carbocycles. The molecule has 0 bridgehead atoms. The van der Waals surface area contributed by atoms with Crippen molar-refractivity contribution in [1.82, 2.24) is 15.5 Å². The number of allylic oxidation sites excluding steroid dienone is 4. The standard InChI is InChI=1S/C25H36N4O2/c1-15-5-6-20(11-15)17(3)26-25-22-13-21(12-16(2)24(22)27-18(4)28-25)19-7-9-29(10-8-19)14-23(30)31/h6,11-13,16-17,19,24-26H,5,7-10,14H2,1-4H3,(H,27,28)(H,30,31). The zero-order valence-electron chi connectivity index (χ0n) is 19.2. The van der Waals surface area contributed by atoms with Crippen LogP contribution in [-0.4, -0.2) is 59.7 Å². The molecule has 0 spiro atoms. The molecular weight excluding hydrogens is 388 g/mol. The first-order valence-corrected chi connectivity index (χ1v) is 11.6. The second-order valence-electron chi connectivity index (χ2n) is 9.64. The van der Waals surface area contributed by atoms with E-state index in [2.05, 4.69) is 62.6 Å². The largest absolute Gasteiger partial charge is 0.480 e. The van der Waals surface area contributed by atoms with E-state index < -0.39 is 5.97 Å². The maximum absolute atomic E-state index is 11.0. The molecule has 4 rings (SSSR count). The van der Waals surface area contributed by atoms with Gasteiger partial charge in [-0.1, -0.05) is 36.8 Å². The molecule has 0 aromatic heterocycles. The fourth-order valence-corrected chi connectivity index (χ4v) is 5.35. The lowest BCUT2D eigenvalue weighted by molar-refractivity contribution is -0.138. The first kappa shape index (κ1) is 22.0. The Morgan fingerprint density at radius 2 is 2.06 bits per heavy atom. The number of likely N-dealkylation sites (tertiary alicyclic amines) is 1. The fraction of sp³-hybridized carbons (Fsp3) is 0.600. The highest BCUT2D eigenvalue weighted by atomic mass is 16.4. The number of carbonyl (C=O) groups is 1. The first-order valence-electron chi connectivity index (χ1n) is 11.6. The number of piperidine rings is 1. The molecule has 168 valence electrons. The van der Waals surface area contributed by atoms with Crippen molar-refractivity contribution in [2.45, 2.75) is 65.2 Å². The van der Waals surface area contributed by atoms with Crippen molar-refractivity contribution in [3.63, 3.8) is 0 Å². The third-order valence-electron chi connectivity index (χ3n) is 7.05. The summed E-state index contributed by atoms with van der Waals surface area (Å²) in [6.07, 6.45) is 12.6. The van der Waals surface area contributed by atoms with Crippen LogP contribution in [-0.2, 0) is 4.79 Å². The number of carboxylic acid groups (broad SMARTS) is 1. The quantitative estimate of drug-likeness (QED) is 0.610. The normalized spacial score (nSPS) is 30.3. The molecule has 0 saturated carbocycles. The van der Waals surface area contributed by atoms with Crippen LogP contribution in [0.2, 0.25) is 0 Å². The van der Waals surface area contributed by atoms with Gasteiger partial charge in [0.05, 0.1) is 18.4 Å². The molecule has 0 radical (unpaired) electrons. The van der Waals surface area contributed by atoms with Gasteiger partial charge in [0.25, 0.3) is 0 Å². The van der Waals surface area contributed by atoms with E-state index in [-0.39, 0.29) is 24.8 Å². The minimum atomic E-state index is -0.735. The van der Waals surface area contributed by atoms with Crippen molar-refractivity contribution < 1.29 is 9.90 Å². The second-order valence-corrected chi connectivity index (χ2v) is 9.64. The van der Waals surface area contributed by atoms with Gasteiger partial charge in [0, 0.05) is 12.0 Å². The Hall–Kier alpha value is -2.18. The molecular formula is C25H36N4O2. The number of fused-ring (bicyclic) bond motifs is 1. The van der Waals surface area contributed by atoms with Crippen LogP contribution >= 0.6 is 0 Å². The van der Waals surface area contributed by atoms with Gasteiger partial charge in [0.2, 0.25) is 0 Å². The van der Waals surface area contributed by atoms with E-state index in [9.17, 15) is 4.79 Å². The van der Waals surface area contributed by atoms with Gasteiger partial charge in [-0.25, -0.2) is 0 Å². The van der Waals surface area contributed by atoms with E-state index in [1.54, 1.807) is 0 Å². The maximum atomic E-state index is 11.0. The van der Waals surface area contributed by atoms with Crippen LogP contribution in [0.5, 0.6) is 0 Å². The Kier molecular flexibility index (Phi) is 6.49. The molecule has 4 aliphatic rings. The van der Waals surface area contributed by atoms with Gasteiger partial charge in [0.15, 0.2) is 0 Å². The van der Waals surface area contributed by atoms with Crippen molar-refractivity contribution in [3.05, 3.63) is 46.6 Å². The third-order valence-corrected chi connectivity index (χ3v) is 7.05. The SMILES string of the molecule is CC1=CC(C(C)NC2NC(C)=NC3C2=CC(C2CCN(CC(=O)O)CC2)=CC3C)=CC1. The molecule has 6 nitrogen and oxygen atoms in total. The minimum absolute atomic E-state index is 0.0750. The summed E-state index contributed by atoms with van der Waals surface area (Å²) in [5.74, 6) is 1.11. The highest BCUT2D eigenvalue weighted by Crippen LogP contribution is 2.36. The molecule has 6 heteroatoms. The van der Waals surface area contributed by atoms with Crippen LogP contribution in [0.15, 0.2) is 51.6 Å². The van der Waals surface area contributed by atoms with E-state index in [1.165, 1.54) is 22.3 Å². The van der Waals surface area contributed by atoms with Crippen molar-refractivity contribution in [1.29, 1.82) is 0 Å². The molecule has 4 unspecified atom stereocenters. The third kappa shape index (κ3) is 5.01. The molecule has 0 amide bonds. The predicted octanol–water partition coefficient (Wildman–Crippen LogP) is 3.26. The summed E-state index contributed by atoms with van der Waals surface area (Å²) in [6.45, 7) is 10.6. The fourth-order valence-electron chi connectivity index (χ4n) is 5.35. The van der Waals surface area contributed by atoms with Crippen LogP contribution < -0.4 is 10.6 Å². The molecule has 1 fully saturated rings. The van der Waals surface area contributed by atoms with E-state index in [0.29, 0.717) is 11.8 Å². The van der Waals surface area contributed by atoms with Gasteiger partial charge >= 0.3 is 5.97 Å². The summed E-state index contributed by atoms with van der Waals surface area (Å²) in [4.78, 5) is 18.0. The number of aliphatic imine (C=N–C) groups is 1. The number of hydrogen-bond acceptors (Lipinski definition) is 5. The van der Waals surface area contributed by atoms with Crippen molar-refractivity contribution in [3.8, 4) is 0 Å². The summed E-state index contributed by atoms with van der Waals surface area (Å²) in [5, 5.41) is 16.4. The summed E-state index contributed by atoms with van der Waals surface area (Å²) in [6, 6.07) is 0.447. The number of amidine groups is 1. The Morgan fingerprint density at radius 1 is 1.32 bits per heavy atom. The Bertz CT molecular complexity index is 874. The lowest BCUT2D eigenvalue weighted by Crippen LogP contribution is -2.55. The van der Waals surface area contributed by atoms with Gasteiger partial charge in [-0.3, -0.25) is 20.0 Å². The Labute approximate surface area is 185 Å². The number of carboxylic acids is 1. The highest BCUT2D eigenvalue weighted by Gasteiger charge is 2.35. The average molecular weight is 425 g/mol. The zero-order chi connectivity index (χ0) is 22.1. The average Bonchev–Trinajstić information content (AvgIpc) is 3.15. The molecule has 4 atom stereocenters. The van der Waals surface area contributed by atoms with Crippen molar-refractivity contribution in [2.75, 3.05) is 19.6 Å². The number of hydrogen-bond donors (Lipinski definition) is 3. The van der Waals surface area contributed by atoms with Crippen molar-refractivity contribution >= 4 is 11.8 Å². The molecule has 2 aliphatic heterocycles. The van der Waals surface area contributed by atoms with E-state index in [4.69, 9.17) is 10.1 Å². The van der Waals surface area contributed by atoms with Crippen LogP contribution in [0.3, 0.4) is 0 Å². The minimum Gasteiger partial charge on any atom is -0.480 e. The lowest BCUT2D eigenvalue weighted by Gasteiger charge is -2.40. The summed E-state index contributed by atoms with van der Waals surface area (Å²) < 4.78 is 0.